The topological polar surface area (TPSA) is 156 Å². The van der Waals surface area contributed by atoms with Crippen molar-refractivity contribution in [3.8, 4) is 11.5 Å². The lowest BCUT2D eigenvalue weighted by atomic mass is 9.99. The van der Waals surface area contributed by atoms with E-state index in [0.717, 1.165) is 0 Å². The third kappa shape index (κ3) is 4.89. The minimum Gasteiger partial charge on any atom is -0.497 e. The Balaban J connectivity index is 2.36. The van der Waals surface area contributed by atoms with Gasteiger partial charge in [-0.15, -0.1) is 0 Å². The van der Waals surface area contributed by atoms with Crippen LogP contribution in [0.5, 0.6) is 11.5 Å². The molecular formula is C15H16N6O5S2. The SMILES string of the molecule is COc1ccc(NC(=O)C(=NNC(N)=S)C2C(=O)NC(=S)NC2=O)c(OC)c1. The lowest BCUT2D eigenvalue weighted by Gasteiger charge is -2.23. The Morgan fingerprint density at radius 1 is 1.21 bits per heavy atom. The number of carbonyl (C=O) groups excluding carboxylic acids is 3. The lowest BCUT2D eigenvalue weighted by Crippen LogP contribution is -2.59. The number of nitrogens with one attached hydrogen (secondary N) is 4. The van der Waals surface area contributed by atoms with Crippen molar-refractivity contribution < 1.29 is 23.9 Å². The smallest absolute Gasteiger partial charge is 0.273 e. The molecule has 0 spiro atoms. The highest BCUT2D eigenvalue weighted by Crippen LogP contribution is 2.29. The van der Waals surface area contributed by atoms with Crippen LogP contribution in [-0.4, -0.2) is 47.9 Å². The summed E-state index contributed by atoms with van der Waals surface area (Å²) in [6.07, 6.45) is 0. The maximum absolute atomic E-state index is 12.8. The zero-order valence-corrected chi connectivity index (χ0v) is 16.3. The van der Waals surface area contributed by atoms with Crippen LogP contribution in [0.4, 0.5) is 5.69 Å². The fourth-order valence-electron chi connectivity index (χ4n) is 2.22. The summed E-state index contributed by atoms with van der Waals surface area (Å²) in [7, 11) is 2.88. The van der Waals surface area contributed by atoms with Gasteiger partial charge < -0.3 is 31.2 Å². The number of rotatable bonds is 6. The third-order valence-electron chi connectivity index (χ3n) is 3.45. The summed E-state index contributed by atoms with van der Waals surface area (Å²) in [6, 6.07) is 4.64. The van der Waals surface area contributed by atoms with E-state index in [1.165, 1.54) is 26.4 Å². The van der Waals surface area contributed by atoms with Crippen LogP contribution >= 0.6 is 24.4 Å². The second-order valence-corrected chi connectivity index (χ2v) is 6.08. The predicted octanol–water partition coefficient (Wildman–Crippen LogP) is -1.02. The van der Waals surface area contributed by atoms with Crippen molar-refractivity contribution >= 4 is 63.8 Å². The van der Waals surface area contributed by atoms with Gasteiger partial charge in [0, 0.05) is 6.07 Å². The summed E-state index contributed by atoms with van der Waals surface area (Å²) in [5, 5.41) is 10.3. The van der Waals surface area contributed by atoms with Crippen LogP contribution < -0.4 is 36.6 Å². The van der Waals surface area contributed by atoms with Crippen molar-refractivity contribution in [1.82, 2.24) is 16.1 Å². The van der Waals surface area contributed by atoms with Crippen LogP contribution in [0.2, 0.25) is 0 Å². The van der Waals surface area contributed by atoms with Gasteiger partial charge in [0.15, 0.2) is 16.1 Å². The van der Waals surface area contributed by atoms with Gasteiger partial charge in [0.25, 0.3) is 5.91 Å². The number of carbonyl (C=O) groups is 3. The van der Waals surface area contributed by atoms with Crippen LogP contribution in [-0.2, 0) is 14.4 Å². The van der Waals surface area contributed by atoms with Gasteiger partial charge in [-0.3, -0.25) is 19.8 Å². The van der Waals surface area contributed by atoms with Gasteiger partial charge >= 0.3 is 0 Å². The molecule has 1 saturated heterocycles. The summed E-state index contributed by atoms with van der Waals surface area (Å²) in [6.45, 7) is 0. The van der Waals surface area contributed by atoms with Gasteiger partial charge in [0.05, 0.1) is 19.9 Å². The van der Waals surface area contributed by atoms with Gasteiger partial charge in [-0.25, -0.2) is 0 Å². The number of methoxy groups -OCH3 is 2. The molecule has 0 aromatic heterocycles. The minimum absolute atomic E-state index is 0.176. The molecule has 1 aromatic carbocycles. The molecule has 0 atom stereocenters. The lowest BCUT2D eigenvalue weighted by molar-refractivity contribution is -0.132. The molecule has 1 aromatic rings. The first-order valence-electron chi connectivity index (χ1n) is 7.59. The molecule has 1 aliphatic heterocycles. The number of amides is 3. The van der Waals surface area contributed by atoms with Crippen molar-refractivity contribution in [2.45, 2.75) is 0 Å². The number of nitrogens with zero attached hydrogens (tertiary/aromatic N) is 1. The molecule has 148 valence electrons. The second-order valence-electron chi connectivity index (χ2n) is 5.23. The Hall–Kier alpha value is -3.32. The van der Waals surface area contributed by atoms with Crippen molar-refractivity contribution in [3.05, 3.63) is 18.2 Å². The number of anilines is 1. The molecule has 1 fully saturated rings. The molecule has 0 radical (unpaired) electrons. The number of nitrogens with two attached hydrogens (primary N) is 1. The molecule has 1 heterocycles. The highest BCUT2D eigenvalue weighted by molar-refractivity contribution is 7.80. The number of benzene rings is 1. The molecule has 0 saturated carbocycles. The predicted molar refractivity (Wildman–Crippen MR) is 108 cm³/mol. The van der Waals surface area contributed by atoms with Crippen LogP contribution in [0.15, 0.2) is 23.3 Å². The largest absolute Gasteiger partial charge is 0.497 e. The number of hydrogen-bond acceptors (Lipinski definition) is 8. The second kappa shape index (κ2) is 9.05. The molecule has 2 rings (SSSR count). The van der Waals surface area contributed by atoms with Gasteiger partial charge in [-0.05, 0) is 36.6 Å². The Bertz CT molecular complexity index is 868. The van der Waals surface area contributed by atoms with Crippen molar-refractivity contribution in [3.63, 3.8) is 0 Å². The van der Waals surface area contributed by atoms with E-state index < -0.39 is 29.4 Å². The van der Waals surface area contributed by atoms with Crippen LogP contribution in [0.1, 0.15) is 0 Å². The summed E-state index contributed by atoms with van der Waals surface area (Å²) in [5.74, 6) is -3.32. The molecule has 1 aliphatic rings. The Labute approximate surface area is 170 Å². The van der Waals surface area contributed by atoms with Gasteiger partial charge in [-0.1, -0.05) is 0 Å². The van der Waals surface area contributed by atoms with Crippen LogP contribution in [0.25, 0.3) is 0 Å². The first-order chi connectivity index (χ1) is 13.3. The highest BCUT2D eigenvalue weighted by atomic mass is 32.1. The zero-order chi connectivity index (χ0) is 20.8. The van der Waals surface area contributed by atoms with Crippen LogP contribution in [0.3, 0.4) is 0 Å². The number of thiocarbonyl (C=S) groups is 2. The van der Waals surface area contributed by atoms with E-state index in [9.17, 15) is 14.4 Å². The van der Waals surface area contributed by atoms with E-state index in [1.54, 1.807) is 6.07 Å². The minimum atomic E-state index is -1.59. The normalized spacial score (nSPS) is 14.6. The van der Waals surface area contributed by atoms with Gasteiger partial charge in [-0.2, -0.15) is 5.10 Å². The van der Waals surface area contributed by atoms with Crippen molar-refractivity contribution in [2.75, 3.05) is 19.5 Å². The quantitative estimate of drug-likeness (QED) is 0.167. The fraction of sp³-hybridized carbons (Fsp3) is 0.200. The van der Waals surface area contributed by atoms with E-state index in [1.807, 2.05) is 0 Å². The standard InChI is InChI=1S/C15H16N6O5S2/c1-25-6-3-4-7(8(5-6)26-2)17-13(24)10(20-21-14(16)27)9-11(22)18-15(28)19-12(9)23/h3-5,9H,1-2H3,(H,17,24)(H3,16,21,27)(H2,18,19,22,23,28). The number of hydrazone groups is 1. The third-order valence-corrected chi connectivity index (χ3v) is 3.74. The maximum atomic E-state index is 12.8. The molecule has 11 nitrogen and oxygen atoms in total. The van der Waals surface area contributed by atoms with Gasteiger partial charge in [0.2, 0.25) is 11.8 Å². The zero-order valence-electron chi connectivity index (χ0n) is 14.7. The van der Waals surface area contributed by atoms with Crippen molar-refractivity contribution in [1.29, 1.82) is 0 Å². The molecule has 3 amide bonds. The highest BCUT2D eigenvalue weighted by Gasteiger charge is 2.40. The van der Waals surface area contributed by atoms with E-state index >= 15 is 0 Å². The Morgan fingerprint density at radius 2 is 1.86 bits per heavy atom. The summed E-state index contributed by atoms with van der Waals surface area (Å²) in [5.41, 5.74) is 7.29. The number of ether oxygens (including phenoxy) is 2. The first kappa shape index (κ1) is 21.0. The van der Waals surface area contributed by atoms with E-state index in [-0.39, 0.29) is 21.7 Å². The fourth-order valence-corrected chi connectivity index (χ4v) is 2.46. The monoisotopic (exact) mass is 424 g/mol. The molecule has 0 aliphatic carbocycles. The Kier molecular flexibility index (Phi) is 6.79. The molecule has 28 heavy (non-hydrogen) atoms. The van der Waals surface area contributed by atoms with E-state index in [4.69, 9.17) is 27.4 Å². The summed E-state index contributed by atoms with van der Waals surface area (Å²) < 4.78 is 10.3. The molecule has 0 unspecified atom stereocenters. The average molecular weight is 424 g/mol. The molecule has 6 N–H and O–H groups in total. The molecule has 13 heteroatoms. The summed E-state index contributed by atoms with van der Waals surface area (Å²) >= 11 is 9.39. The first-order valence-corrected chi connectivity index (χ1v) is 8.40. The maximum Gasteiger partial charge on any atom is 0.273 e. The van der Waals surface area contributed by atoms with E-state index in [2.05, 4.69) is 38.7 Å². The molecule has 0 bridgehead atoms. The van der Waals surface area contributed by atoms with Gasteiger partial charge in [0.1, 0.15) is 17.2 Å². The van der Waals surface area contributed by atoms with Crippen molar-refractivity contribution in [2.24, 2.45) is 16.8 Å². The molecular weight excluding hydrogens is 408 g/mol. The Morgan fingerprint density at radius 3 is 2.39 bits per heavy atom. The van der Waals surface area contributed by atoms with Crippen LogP contribution in [0, 0.1) is 5.92 Å². The van der Waals surface area contributed by atoms with E-state index in [0.29, 0.717) is 5.75 Å². The summed E-state index contributed by atoms with van der Waals surface area (Å²) in [4.78, 5) is 37.2. The number of hydrogen-bond donors (Lipinski definition) is 5. The average Bonchev–Trinajstić information content (AvgIpc) is 2.63.